The number of carbonyl (C=O) groups is 1. The second-order valence-corrected chi connectivity index (χ2v) is 5.78. The van der Waals surface area contributed by atoms with Gasteiger partial charge in [0, 0.05) is 17.9 Å². The Hall–Kier alpha value is -1.39. The van der Waals surface area contributed by atoms with Crippen molar-refractivity contribution in [2.24, 2.45) is 11.0 Å². The molecule has 5 heteroatoms. The van der Waals surface area contributed by atoms with Gasteiger partial charge in [0.05, 0.1) is 18.4 Å². The highest BCUT2D eigenvalue weighted by atomic mass is 35.5. The zero-order chi connectivity index (χ0) is 14.7. The van der Waals surface area contributed by atoms with E-state index in [1.165, 1.54) is 5.01 Å². The number of benzene rings is 1. The Morgan fingerprint density at radius 2 is 1.95 bits per heavy atom. The van der Waals surface area contributed by atoms with Crippen LogP contribution in [0.5, 0.6) is 0 Å². The molecule has 20 heavy (non-hydrogen) atoms. The molecule has 1 aromatic rings. The van der Waals surface area contributed by atoms with Crippen LogP contribution in [0.3, 0.4) is 0 Å². The second kappa shape index (κ2) is 6.37. The molecule has 0 bridgehead atoms. The normalized spacial score (nSPS) is 17.4. The van der Waals surface area contributed by atoms with Crippen LogP contribution in [0.25, 0.3) is 0 Å². The van der Waals surface area contributed by atoms with Gasteiger partial charge in [0.1, 0.15) is 0 Å². The van der Waals surface area contributed by atoms with E-state index < -0.39 is 6.10 Å². The van der Waals surface area contributed by atoms with Crippen molar-refractivity contribution in [2.45, 2.75) is 32.8 Å². The molecule has 0 aliphatic carbocycles. The van der Waals surface area contributed by atoms with Gasteiger partial charge < -0.3 is 5.11 Å². The van der Waals surface area contributed by atoms with Gasteiger partial charge in [-0.3, -0.25) is 4.79 Å². The first-order valence-electron chi connectivity index (χ1n) is 6.79. The lowest BCUT2D eigenvalue weighted by atomic mass is 10.0. The fourth-order valence-corrected chi connectivity index (χ4v) is 2.11. The van der Waals surface area contributed by atoms with E-state index in [1.807, 2.05) is 38.1 Å². The van der Waals surface area contributed by atoms with E-state index >= 15 is 0 Å². The van der Waals surface area contributed by atoms with Crippen LogP contribution in [0.1, 0.15) is 32.3 Å². The van der Waals surface area contributed by atoms with Gasteiger partial charge in [-0.2, -0.15) is 5.10 Å². The van der Waals surface area contributed by atoms with Gasteiger partial charge >= 0.3 is 0 Å². The summed E-state index contributed by atoms with van der Waals surface area (Å²) in [6, 6.07) is 7.41. The molecule has 2 rings (SSSR count). The van der Waals surface area contributed by atoms with Gasteiger partial charge in [0.15, 0.2) is 0 Å². The molecule has 4 nitrogen and oxygen atoms in total. The molecular formula is C15H19ClN2O2. The number of hydrogen-bond donors (Lipinski definition) is 1. The number of β-amino-alcohol motifs (C(OH)–C–C–N with tert-alkyl or cyclic N) is 1. The molecule has 0 fully saturated rings. The summed E-state index contributed by atoms with van der Waals surface area (Å²) in [6.45, 7) is 4.08. The molecule has 1 unspecified atom stereocenters. The molecule has 0 saturated carbocycles. The molecule has 0 spiro atoms. The first kappa shape index (κ1) is 15.0. The highest BCUT2D eigenvalue weighted by Crippen LogP contribution is 2.18. The summed E-state index contributed by atoms with van der Waals surface area (Å²) in [5.74, 6) is 0.0568. The van der Waals surface area contributed by atoms with Crippen molar-refractivity contribution < 1.29 is 9.90 Å². The van der Waals surface area contributed by atoms with Gasteiger partial charge in [0.25, 0.3) is 0 Å². The summed E-state index contributed by atoms with van der Waals surface area (Å²) < 4.78 is 0. The van der Waals surface area contributed by atoms with E-state index in [-0.39, 0.29) is 18.4 Å². The van der Waals surface area contributed by atoms with Crippen LogP contribution in [0, 0.1) is 5.92 Å². The average molecular weight is 295 g/mol. The van der Waals surface area contributed by atoms with Gasteiger partial charge in [0.2, 0.25) is 5.91 Å². The molecule has 0 saturated heterocycles. The van der Waals surface area contributed by atoms with Crippen LogP contribution < -0.4 is 0 Å². The Kier molecular flexibility index (Phi) is 4.78. The third-order valence-electron chi connectivity index (χ3n) is 3.41. The third kappa shape index (κ3) is 3.58. The summed E-state index contributed by atoms with van der Waals surface area (Å²) in [5.41, 5.74) is 1.82. The van der Waals surface area contributed by atoms with Crippen LogP contribution >= 0.6 is 11.6 Å². The number of nitrogens with zero attached hydrogens (tertiary/aromatic N) is 2. The SMILES string of the molecule is CC(C)C(O)CN1N=C(c2ccc(Cl)cc2)CCC1=O. The molecule has 0 aromatic heterocycles. The first-order chi connectivity index (χ1) is 9.47. The highest BCUT2D eigenvalue weighted by molar-refractivity contribution is 6.30. The number of aliphatic hydroxyl groups is 1. The quantitative estimate of drug-likeness (QED) is 0.928. The zero-order valence-electron chi connectivity index (χ0n) is 11.7. The highest BCUT2D eigenvalue weighted by Gasteiger charge is 2.24. The standard InChI is InChI=1S/C15H19ClN2O2/c1-10(2)14(19)9-18-15(20)8-7-13(17-18)11-3-5-12(16)6-4-11/h3-6,10,14,19H,7-9H2,1-2H3. The van der Waals surface area contributed by atoms with Gasteiger partial charge in [-0.1, -0.05) is 37.6 Å². The van der Waals surface area contributed by atoms with E-state index in [1.54, 1.807) is 0 Å². The van der Waals surface area contributed by atoms with Gasteiger partial charge in [-0.15, -0.1) is 0 Å². The summed E-state index contributed by atoms with van der Waals surface area (Å²) >= 11 is 5.87. The summed E-state index contributed by atoms with van der Waals surface area (Å²) in [6.07, 6.45) is 0.480. The number of aliphatic hydroxyl groups excluding tert-OH is 1. The maximum atomic E-state index is 11.9. The molecule has 1 atom stereocenters. The molecular weight excluding hydrogens is 276 g/mol. The van der Waals surface area contributed by atoms with E-state index in [2.05, 4.69) is 5.10 Å². The largest absolute Gasteiger partial charge is 0.391 e. The summed E-state index contributed by atoms with van der Waals surface area (Å²) in [4.78, 5) is 11.9. The first-order valence-corrected chi connectivity index (χ1v) is 7.17. The van der Waals surface area contributed by atoms with Crippen molar-refractivity contribution in [1.29, 1.82) is 0 Å². The Labute approximate surface area is 124 Å². The van der Waals surface area contributed by atoms with Crippen molar-refractivity contribution >= 4 is 23.2 Å². The molecule has 1 aromatic carbocycles. The molecule has 1 aliphatic rings. The average Bonchev–Trinajstić information content (AvgIpc) is 2.42. The predicted molar refractivity (Wildman–Crippen MR) is 79.8 cm³/mol. The van der Waals surface area contributed by atoms with E-state index in [4.69, 9.17) is 11.6 Å². The van der Waals surface area contributed by atoms with Crippen LogP contribution in [-0.2, 0) is 4.79 Å². The van der Waals surface area contributed by atoms with E-state index in [0.29, 0.717) is 17.9 Å². The lowest BCUT2D eigenvalue weighted by Crippen LogP contribution is -2.39. The zero-order valence-corrected chi connectivity index (χ0v) is 12.5. The predicted octanol–water partition coefficient (Wildman–Crippen LogP) is 2.68. The number of rotatable bonds is 4. The van der Waals surface area contributed by atoms with Crippen LogP contribution in [0.15, 0.2) is 29.4 Å². The maximum Gasteiger partial charge on any atom is 0.243 e. The van der Waals surface area contributed by atoms with Crippen LogP contribution in [0.2, 0.25) is 5.02 Å². The molecule has 1 N–H and O–H groups in total. The van der Waals surface area contributed by atoms with Crippen molar-refractivity contribution in [3.05, 3.63) is 34.9 Å². The minimum Gasteiger partial charge on any atom is -0.391 e. The second-order valence-electron chi connectivity index (χ2n) is 5.34. The monoisotopic (exact) mass is 294 g/mol. The van der Waals surface area contributed by atoms with Gasteiger partial charge in [-0.05, 0) is 23.6 Å². The third-order valence-corrected chi connectivity index (χ3v) is 3.66. The molecule has 1 aliphatic heterocycles. The lowest BCUT2D eigenvalue weighted by molar-refractivity contribution is -0.133. The Morgan fingerprint density at radius 1 is 1.30 bits per heavy atom. The Morgan fingerprint density at radius 3 is 2.55 bits per heavy atom. The van der Waals surface area contributed by atoms with E-state index in [0.717, 1.165) is 11.3 Å². The molecule has 108 valence electrons. The van der Waals surface area contributed by atoms with Gasteiger partial charge in [-0.25, -0.2) is 5.01 Å². The molecule has 1 amide bonds. The van der Waals surface area contributed by atoms with Crippen LogP contribution in [-0.4, -0.2) is 34.4 Å². The van der Waals surface area contributed by atoms with Crippen LogP contribution in [0.4, 0.5) is 0 Å². The number of amides is 1. The number of halogens is 1. The van der Waals surface area contributed by atoms with Crippen molar-refractivity contribution in [3.8, 4) is 0 Å². The number of hydrogen-bond acceptors (Lipinski definition) is 3. The fourth-order valence-electron chi connectivity index (χ4n) is 1.98. The summed E-state index contributed by atoms with van der Waals surface area (Å²) in [7, 11) is 0. The van der Waals surface area contributed by atoms with Crippen molar-refractivity contribution in [2.75, 3.05) is 6.54 Å². The van der Waals surface area contributed by atoms with E-state index in [9.17, 15) is 9.90 Å². The Bertz CT molecular complexity index is 511. The molecule has 1 heterocycles. The Balaban J connectivity index is 2.18. The maximum absolute atomic E-state index is 11.9. The number of hydrazone groups is 1. The smallest absolute Gasteiger partial charge is 0.243 e. The minimum atomic E-state index is -0.563. The van der Waals surface area contributed by atoms with Crippen molar-refractivity contribution in [1.82, 2.24) is 5.01 Å². The minimum absolute atomic E-state index is 0.0394. The number of carbonyl (C=O) groups excluding carboxylic acids is 1. The summed E-state index contributed by atoms with van der Waals surface area (Å²) in [5, 5.41) is 16.4. The topological polar surface area (TPSA) is 52.9 Å². The molecule has 0 radical (unpaired) electrons. The lowest BCUT2D eigenvalue weighted by Gasteiger charge is -2.27. The fraction of sp³-hybridized carbons (Fsp3) is 0.467. The van der Waals surface area contributed by atoms with Crippen molar-refractivity contribution in [3.63, 3.8) is 0 Å².